The summed E-state index contributed by atoms with van der Waals surface area (Å²) < 4.78 is 5.77. The van der Waals surface area contributed by atoms with E-state index in [2.05, 4.69) is 10.3 Å². The number of nitrogens with one attached hydrogen (secondary N) is 2. The molecule has 2 fully saturated rings. The summed E-state index contributed by atoms with van der Waals surface area (Å²) >= 11 is 0. The SMILES string of the molecule is C[C@@H](c1cccc2c(-c3ccc4c(c3)CC(=O)N4)c(C(=O)O)[nH]c12)N1CC2(CC(CN)C2)OC1=O. The highest BCUT2D eigenvalue weighted by atomic mass is 16.6. The van der Waals surface area contributed by atoms with Crippen LogP contribution in [0.15, 0.2) is 36.4 Å². The summed E-state index contributed by atoms with van der Waals surface area (Å²) in [5.41, 5.74) is 9.73. The number of H-pyrrole nitrogens is 1. The van der Waals surface area contributed by atoms with Gasteiger partial charge in [-0.15, -0.1) is 0 Å². The van der Waals surface area contributed by atoms with E-state index in [0.717, 1.165) is 40.6 Å². The van der Waals surface area contributed by atoms with Crippen molar-refractivity contribution in [1.29, 1.82) is 0 Å². The average Bonchev–Trinajstić information content (AvgIpc) is 3.48. The minimum absolute atomic E-state index is 0.0714. The molecule has 1 saturated carbocycles. The Morgan fingerprint density at radius 3 is 2.83 bits per heavy atom. The highest BCUT2D eigenvalue weighted by Crippen LogP contribution is 2.47. The fourth-order valence-electron chi connectivity index (χ4n) is 5.92. The number of ether oxygens (including phenoxy) is 1. The van der Waals surface area contributed by atoms with Crippen LogP contribution in [0, 0.1) is 5.92 Å². The molecule has 35 heavy (non-hydrogen) atoms. The first-order valence-electron chi connectivity index (χ1n) is 11.8. The van der Waals surface area contributed by atoms with E-state index in [-0.39, 0.29) is 30.2 Å². The number of amides is 2. The molecular weight excluding hydrogens is 448 g/mol. The molecule has 3 heterocycles. The van der Waals surface area contributed by atoms with Gasteiger partial charge in [-0.25, -0.2) is 9.59 Å². The Morgan fingerprint density at radius 2 is 2.09 bits per heavy atom. The molecule has 1 aliphatic carbocycles. The Hall–Kier alpha value is -3.85. The van der Waals surface area contributed by atoms with Crippen LogP contribution in [0.3, 0.4) is 0 Å². The van der Waals surface area contributed by atoms with E-state index in [9.17, 15) is 19.5 Å². The Morgan fingerprint density at radius 1 is 1.29 bits per heavy atom. The summed E-state index contributed by atoms with van der Waals surface area (Å²) in [7, 11) is 0. The minimum Gasteiger partial charge on any atom is -0.477 e. The summed E-state index contributed by atoms with van der Waals surface area (Å²) in [6.07, 6.45) is 1.45. The topological polar surface area (TPSA) is 138 Å². The van der Waals surface area contributed by atoms with E-state index >= 15 is 0 Å². The normalized spacial score (nSPS) is 23.8. The molecule has 6 rings (SSSR count). The molecule has 9 nitrogen and oxygen atoms in total. The van der Waals surface area contributed by atoms with Crippen LogP contribution < -0.4 is 11.1 Å². The van der Waals surface area contributed by atoms with Crippen molar-refractivity contribution in [2.45, 2.75) is 37.8 Å². The average molecular weight is 475 g/mol. The van der Waals surface area contributed by atoms with Crippen LogP contribution in [0.4, 0.5) is 10.5 Å². The molecule has 3 aliphatic rings. The summed E-state index contributed by atoms with van der Waals surface area (Å²) in [5.74, 6) is -0.778. The maximum atomic E-state index is 12.8. The third kappa shape index (κ3) is 3.30. The number of rotatable bonds is 5. The van der Waals surface area contributed by atoms with Crippen LogP contribution >= 0.6 is 0 Å². The van der Waals surface area contributed by atoms with Gasteiger partial charge in [-0.1, -0.05) is 24.3 Å². The van der Waals surface area contributed by atoms with Gasteiger partial charge in [0.05, 0.1) is 24.5 Å². The number of carbonyl (C=O) groups is 3. The molecule has 1 atom stereocenters. The number of aromatic nitrogens is 1. The van der Waals surface area contributed by atoms with Crippen molar-refractivity contribution in [3.8, 4) is 11.1 Å². The number of hydrogen-bond donors (Lipinski definition) is 4. The third-order valence-electron chi connectivity index (χ3n) is 7.67. The fourth-order valence-corrected chi connectivity index (χ4v) is 5.92. The van der Waals surface area contributed by atoms with Crippen molar-refractivity contribution in [2.24, 2.45) is 11.7 Å². The van der Waals surface area contributed by atoms with E-state index in [1.807, 2.05) is 37.3 Å². The van der Waals surface area contributed by atoms with Crippen LogP contribution in [0.1, 0.15) is 47.4 Å². The predicted octanol–water partition coefficient (Wildman–Crippen LogP) is 3.65. The van der Waals surface area contributed by atoms with Crippen LogP contribution in [0.25, 0.3) is 22.0 Å². The second kappa shape index (κ2) is 7.58. The second-order valence-electron chi connectivity index (χ2n) is 9.91. The van der Waals surface area contributed by atoms with Crippen LogP contribution in [-0.2, 0) is 16.0 Å². The number of hydrogen-bond acceptors (Lipinski definition) is 5. The van der Waals surface area contributed by atoms with Crippen molar-refractivity contribution >= 4 is 34.6 Å². The zero-order valence-corrected chi connectivity index (χ0v) is 19.3. The van der Waals surface area contributed by atoms with E-state index in [1.54, 1.807) is 11.0 Å². The minimum atomic E-state index is -1.08. The van der Waals surface area contributed by atoms with Gasteiger partial charge in [0.2, 0.25) is 5.91 Å². The molecule has 3 aromatic rings. The number of anilines is 1. The van der Waals surface area contributed by atoms with Gasteiger partial charge < -0.3 is 25.9 Å². The van der Waals surface area contributed by atoms with Crippen LogP contribution in [-0.4, -0.2) is 51.7 Å². The van der Waals surface area contributed by atoms with Gasteiger partial charge in [-0.2, -0.15) is 0 Å². The van der Waals surface area contributed by atoms with Gasteiger partial charge >= 0.3 is 12.1 Å². The lowest BCUT2D eigenvalue weighted by Crippen LogP contribution is -2.49. The second-order valence-corrected chi connectivity index (χ2v) is 9.91. The summed E-state index contributed by atoms with van der Waals surface area (Å²) in [6, 6.07) is 10.8. The first-order valence-corrected chi connectivity index (χ1v) is 11.8. The number of nitrogens with two attached hydrogens (primary N) is 1. The molecule has 2 amide bonds. The Bertz CT molecular complexity index is 1400. The number of fused-ring (bicyclic) bond motifs is 2. The highest BCUT2D eigenvalue weighted by Gasteiger charge is 2.54. The zero-order chi connectivity index (χ0) is 24.5. The lowest BCUT2D eigenvalue weighted by Gasteiger charge is -2.42. The quantitative estimate of drug-likeness (QED) is 0.445. The van der Waals surface area contributed by atoms with Gasteiger partial charge in [0, 0.05) is 16.6 Å². The van der Waals surface area contributed by atoms with Gasteiger partial charge in [0.15, 0.2) is 0 Å². The number of carboxylic acid groups (broad SMARTS) is 1. The van der Waals surface area contributed by atoms with E-state index < -0.39 is 11.6 Å². The van der Waals surface area contributed by atoms with E-state index in [4.69, 9.17) is 10.5 Å². The number of benzene rings is 2. The predicted molar refractivity (Wildman–Crippen MR) is 129 cm³/mol. The van der Waals surface area contributed by atoms with Crippen LogP contribution in [0.2, 0.25) is 0 Å². The first kappa shape index (κ1) is 21.7. The molecule has 0 bridgehead atoms. The summed E-state index contributed by atoms with van der Waals surface area (Å²) in [4.78, 5) is 41.7. The van der Waals surface area contributed by atoms with Crippen LogP contribution in [0.5, 0.6) is 0 Å². The number of aromatic amines is 1. The molecular formula is C26H26N4O5. The molecule has 1 saturated heterocycles. The molecule has 0 unspecified atom stereocenters. The summed E-state index contributed by atoms with van der Waals surface area (Å²) in [5, 5.41) is 13.6. The molecule has 5 N–H and O–H groups in total. The Balaban J connectivity index is 1.41. The third-order valence-corrected chi connectivity index (χ3v) is 7.67. The molecule has 9 heteroatoms. The Kier molecular flexibility index (Phi) is 4.69. The maximum Gasteiger partial charge on any atom is 0.411 e. The molecule has 180 valence electrons. The maximum absolute atomic E-state index is 12.8. The van der Waals surface area contributed by atoms with Crippen molar-refractivity contribution < 1.29 is 24.2 Å². The molecule has 1 aromatic heterocycles. The van der Waals surface area contributed by atoms with E-state index in [0.29, 0.717) is 30.1 Å². The number of carboxylic acids is 1. The molecule has 1 spiro atoms. The van der Waals surface area contributed by atoms with Gasteiger partial charge in [0.25, 0.3) is 0 Å². The lowest BCUT2D eigenvalue weighted by atomic mass is 9.71. The van der Waals surface area contributed by atoms with E-state index in [1.165, 1.54) is 0 Å². The van der Waals surface area contributed by atoms with Crippen molar-refractivity contribution in [2.75, 3.05) is 18.4 Å². The van der Waals surface area contributed by atoms with Crippen molar-refractivity contribution in [3.05, 3.63) is 53.2 Å². The zero-order valence-electron chi connectivity index (χ0n) is 19.3. The number of aromatic carboxylic acids is 1. The molecule has 0 radical (unpaired) electrons. The highest BCUT2D eigenvalue weighted by molar-refractivity contribution is 6.09. The molecule has 2 aliphatic heterocycles. The number of nitrogens with zero attached hydrogens (tertiary/aromatic N) is 1. The lowest BCUT2D eigenvalue weighted by molar-refractivity contribution is -0.115. The first-order chi connectivity index (χ1) is 16.8. The smallest absolute Gasteiger partial charge is 0.411 e. The monoisotopic (exact) mass is 474 g/mol. The van der Waals surface area contributed by atoms with Crippen molar-refractivity contribution in [3.63, 3.8) is 0 Å². The van der Waals surface area contributed by atoms with Gasteiger partial charge in [0.1, 0.15) is 11.3 Å². The molecule has 2 aromatic carbocycles. The van der Waals surface area contributed by atoms with Crippen molar-refractivity contribution in [1.82, 2.24) is 9.88 Å². The van der Waals surface area contributed by atoms with Gasteiger partial charge in [-0.05, 0) is 61.1 Å². The largest absolute Gasteiger partial charge is 0.477 e. The number of carbonyl (C=O) groups excluding carboxylic acids is 2. The van der Waals surface area contributed by atoms with Gasteiger partial charge in [-0.3, -0.25) is 9.69 Å². The Labute approximate surface area is 201 Å². The fraction of sp³-hybridized carbons (Fsp3) is 0.346. The summed E-state index contributed by atoms with van der Waals surface area (Å²) in [6.45, 7) is 3.01. The number of para-hydroxylation sites is 1. The standard InChI is InChI=1S/C26H26N4O5/c1-13(30-12-26(35-25(30)34)9-14(10-26)11-27)17-3-2-4-18-21(23(24(32)33)29-22(17)18)15-5-6-19-16(7-15)8-20(31)28-19/h2-7,13-14,29H,8-12,27H2,1H3,(H,28,31)(H,32,33)/t13-,14?,26?/m0/s1.